The van der Waals surface area contributed by atoms with Gasteiger partial charge in [-0.05, 0) is 38.3 Å². The van der Waals surface area contributed by atoms with E-state index in [1.165, 1.54) is 58.5 Å². The minimum Gasteiger partial charge on any atom is -0.343 e. The third-order valence-corrected chi connectivity index (χ3v) is 4.83. The van der Waals surface area contributed by atoms with Crippen molar-refractivity contribution in [1.82, 2.24) is 14.7 Å². The van der Waals surface area contributed by atoms with Crippen molar-refractivity contribution >= 4 is 5.91 Å². The molecule has 2 heterocycles. The third kappa shape index (κ3) is 4.46. The molecule has 0 aromatic rings. The molecule has 4 nitrogen and oxygen atoms in total. The Bertz CT molecular complexity index is 279. The van der Waals surface area contributed by atoms with Gasteiger partial charge in [0.05, 0.1) is 0 Å². The van der Waals surface area contributed by atoms with Crippen LogP contribution in [0.5, 0.6) is 0 Å². The first kappa shape index (κ1) is 14.8. The van der Waals surface area contributed by atoms with Crippen LogP contribution < -0.4 is 0 Å². The zero-order chi connectivity index (χ0) is 13.7. The number of nitrogens with zero attached hydrogens (tertiary/aromatic N) is 3. The first-order chi connectivity index (χ1) is 9.19. The van der Waals surface area contributed by atoms with E-state index in [0.717, 1.165) is 19.0 Å². The standard InChI is InChI=1S/C15H29N3O/c1-3-16-10-12-17(13-11-16)7-4-15-5-8-18(9-6-15)14(2)19/h15H,3-13H2,1-2H3. The van der Waals surface area contributed by atoms with Gasteiger partial charge >= 0.3 is 0 Å². The van der Waals surface area contributed by atoms with E-state index >= 15 is 0 Å². The Balaban J connectivity index is 1.61. The predicted molar refractivity (Wildman–Crippen MR) is 78.1 cm³/mol. The minimum absolute atomic E-state index is 0.245. The summed E-state index contributed by atoms with van der Waals surface area (Å²) in [5.74, 6) is 1.08. The summed E-state index contributed by atoms with van der Waals surface area (Å²) in [5.41, 5.74) is 0. The van der Waals surface area contributed by atoms with Crippen LogP contribution in [0, 0.1) is 5.92 Å². The maximum atomic E-state index is 11.3. The van der Waals surface area contributed by atoms with Crippen LogP contribution in [0.2, 0.25) is 0 Å². The fraction of sp³-hybridized carbons (Fsp3) is 0.933. The molecule has 0 atom stereocenters. The first-order valence-corrected chi connectivity index (χ1v) is 7.89. The SMILES string of the molecule is CCN1CCN(CCC2CCN(C(C)=O)CC2)CC1. The largest absolute Gasteiger partial charge is 0.343 e. The Kier molecular flexibility index (Phi) is 5.64. The molecular weight excluding hydrogens is 238 g/mol. The number of rotatable bonds is 4. The van der Waals surface area contributed by atoms with Gasteiger partial charge in [-0.2, -0.15) is 0 Å². The molecule has 110 valence electrons. The smallest absolute Gasteiger partial charge is 0.219 e. The third-order valence-electron chi connectivity index (χ3n) is 4.83. The monoisotopic (exact) mass is 267 g/mol. The van der Waals surface area contributed by atoms with Crippen molar-refractivity contribution in [2.75, 3.05) is 52.4 Å². The number of piperazine rings is 1. The maximum absolute atomic E-state index is 11.3. The second kappa shape index (κ2) is 7.25. The van der Waals surface area contributed by atoms with Crippen LogP contribution in [-0.4, -0.2) is 73.0 Å². The van der Waals surface area contributed by atoms with Crippen molar-refractivity contribution in [3.8, 4) is 0 Å². The average Bonchev–Trinajstić information content (AvgIpc) is 2.46. The molecule has 0 radical (unpaired) electrons. The van der Waals surface area contributed by atoms with Gasteiger partial charge in [-0.3, -0.25) is 4.79 Å². The summed E-state index contributed by atoms with van der Waals surface area (Å²) >= 11 is 0. The lowest BCUT2D eigenvalue weighted by molar-refractivity contribution is -0.130. The Morgan fingerprint density at radius 3 is 2.11 bits per heavy atom. The number of hydrogen-bond donors (Lipinski definition) is 0. The molecule has 0 spiro atoms. The van der Waals surface area contributed by atoms with Gasteiger partial charge < -0.3 is 14.7 Å². The van der Waals surface area contributed by atoms with Crippen molar-refractivity contribution in [2.45, 2.75) is 33.1 Å². The molecule has 0 aromatic carbocycles. The molecule has 4 heteroatoms. The van der Waals surface area contributed by atoms with Crippen molar-refractivity contribution in [1.29, 1.82) is 0 Å². The van der Waals surface area contributed by atoms with Gasteiger partial charge in [0, 0.05) is 46.2 Å². The lowest BCUT2D eigenvalue weighted by Crippen LogP contribution is -2.46. The van der Waals surface area contributed by atoms with Gasteiger partial charge in [0.25, 0.3) is 0 Å². The summed E-state index contributed by atoms with van der Waals surface area (Å²) in [4.78, 5) is 18.4. The number of likely N-dealkylation sites (N-methyl/N-ethyl adjacent to an activating group) is 1. The Morgan fingerprint density at radius 1 is 1.00 bits per heavy atom. The number of carbonyl (C=O) groups excluding carboxylic acids is 1. The highest BCUT2D eigenvalue weighted by atomic mass is 16.2. The molecule has 0 unspecified atom stereocenters. The molecule has 2 fully saturated rings. The van der Waals surface area contributed by atoms with Gasteiger partial charge in [-0.1, -0.05) is 6.92 Å². The van der Waals surface area contributed by atoms with Crippen molar-refractivity contribution in [3.05, 3.63) is 0 Å². The second-order valence-electron chi connectivity index (χ2n) is 6.01. The minimum atomic E-state index is 0.245. The summed E-state index contributed by atoms with van der Waals surface area (Å²) in [6.07, 6.45) is 3.72. The van der Waals surface area contributed by atoms with Crippen LogP contribution in [0.15, 0.2) is 0 Å². The van der Waals surface area contributed by atoms with Gasteiger partial charge in [0.1, 0.15) is 0 Å². The van der Waals surface area contributed by atoms with Crippen molar-refractivity contribution < 1.29 is 4.79 Å². The summed E-state index contributed by atoms with van der Waals surface area (Å²) in [7, 11) is 0. The molecule has 0 N–H and O–H groups in total. The quantitative estimate of drug-likeness (QED) is 0.767. The highest BCUT2D eigenvalue weighted by molar-refractivity contribution is 5.73. The van der Waals surface area contributed by atoms with Crippen molar-refractivity contribution in [2.24, 2.45) is 5.92 Å². The average molecular weight is 267 g/mol. The summed E-state index contributed by atoms with van der Waals surface area (Å²) < 4.78 is 0. The number of carbonyl (C=O) groups is 1. The number of hydrogen-bond acceptors (Lipinski definition) is 3. The Hall–Kier alpha value is -0.610. The molecule has 1 amide bonds. The molecule has 2 saturated heterocycles. The molecular formula is C15H29N3O. The van der Waals surface area contributed by atoms with E-state index in [-0.39, 0.29) is 5.91 Å². The van der Waals surface area contributed by atoms with Gasteiger partial charge in [-0.15, -0.1) is 0 Å². The van der Waals surface area contributed by atoms with E-state index in [1.807, 2.05) is 4.90 Å². The molecule has 2 aliphatic heterocycles. The molecule has 0 saturated carbocycles. The molecule has 19 heavy (non-hydrogen) atoms. The molecule has 0 aromatic heterocycles. The first-order valence-electron chi connectivity index (χ1n) is 7.89. The summed E-state index contributed by atoms with van der Waals surface area (Å²) in [6.45, 7) is 13.3. The zero-order valence-corrected chi connectivity index (χ0v) is 12.6. The van der Waals surface area contributed by atoms with E-state index in [1.54, 1.807) is 6.92 Å². The van der Waals surface area contributed by atoms with Crippen LogP contribution >= 0.6 is 0 Å². The van der Waals surface area contributed by atoms with E-state index in [9.17, 15) is 4.79 Å². The fourth-order valence-corrected chi connectivity index (χ4v) is 3.23. The fourth-order valence-electron chi connectivity index (χ4n) is 3.23. The van der Waals surface area contributed by atoms with Gasteiger partial charge in [0.2, 0.25) is 5.91 Å². The van der Waals surface area contributed by atoms with Crippen molar-refractivity contribution in [3.63, 3.8) is 0 Å². The van der Waals surface area contributed by atoms with Crippen LogP contribution in [0.25, 0.3) is 0 Å². The lowest BCUT2D eigenvalue weighted by Gasteiger charge is -2.36. The molecule has 2 aliphatic rings. The highest BCUT2D eigenvalue weighted by Gasteiger charge is 2.22. The molecule has 2 rings (SSSR count). The lowest BCUT2D eigenvalue weighted by atomic mass is 9.93. The van der Waals surface area contributed by atoms with Crippen LogP contribution in [0.3, 0.4) is 0 Å². The summed E-state index contributed by atoms with van der Waals surface area (Å²) in [6, 6.07) is 0. The Labute approximate surface area is 117 Å². The molecule has 0 aliphatic carbocycles. The van der Waals surface area contributed by atoms with Gasteiger partial charge in [-0.25, -0.2) is 0 Å². The summed E-state index contributed by atoms with van der Waals surface area (Å²) in [5, 5.41) is 0. The number of likely N-dealkylation sites (tertiary alicyclic amines) is 1. The second-order valence-corrected chi connectivity index (χ2v) is 6.01. The van der Waals surface area contributed by atoms with Crippen LogP contribution in [-0.2, 0) is 4.79 Å². The van der Waals surface area contributed by atoms with Gasteiger partial charge in [0.15, 0.2) is 0 Å². The zero-order valence-electron chi connectivity index (χ0n) is 12.6. The van der Waals surface area contributed by atoms with E-state index in [4.69, 9.17) is 0 Å². The highest BCUT2D eigenvalue weighted by Crippen LogP contribution is 2.21. The van der Waals surface area contributed by atoms with E-state index in [2.05, 4.69) is 16.7 Å². The number of piperidine rings is 1. The topological polar surface area (TPSA) is 26.8 Å². The number of amides is 1. The maximum Gasteiger partial charge on any atom is 0.219 e. The Morgan fingerprint density at radius 2 is 1.58 bits per heavy atom. The predicted octanol–water partition coefficient (Wildman–Crippen LogP) is 1.27. The van der Waals surface area contributed by atoms with Crippen LogP contribution in [0.1, 0.15) is 33.1 Å². The normalized spacial score (nSPS) is 23.8. The van der Waals surface area contributed by atoms with E-state index < -0.39 is 0 Å². The molecule has 0 bridgehead atoms. The van der Waals surface area contributed by atoms with E-state index in [0.29, 0.717) is 0 Å². The van der Waals surface area contributed by atoms with Crippen LogP contribution in [0.4, 0.5) is 0 Å².